The second-order valence-corrected chi connectivity index (χ2v) is 16.1. The summed E-state index contributed by atoms with van der Waals surface area (Å²) in [4.78, 5) is 30.3. The van der Waals surface area contributed by atoms with Crippen LogP contribution in [0.5, 0.6) is 5.75 Å². The first-order chi connectivity index (χ1) is 21.6. The Morgan fingerprint density at radius 3 is 2.09 bits per heavy atom. The van der Waals surface area contributed by atoms with Gasteiger partial charge in [-0.1, -0.05) is 63.6 Å². The van der Waals surface area contributed by atoms with Gasteiger partial charge in [-0.25, -0.2) is 4.79 Å². The fourth-order valence-corrected chi connectivity index (χ4v) is 8.64. The number of rotatable bonds is 7. The molecule has 2 aromatic rings. The van der Waals surface area contributed by atoms with E-state index in [9.17, 15) is 14.9 Å². The van der Waals surface area contributed by atoms with E-state index in [1.54, 1.807) is 18.2 Å². The maximum Gasteiger partial charge on any atom is 0.410 e. The van der Waals surface area contributed by atoms with Crippen molar-refractivity contribution in [3.05, 3.63) is 64.2 Å². The number of carbonyl (C=O) groups excluding carboxylic acids is 2. The molecule has 3 aliphatic rings. The predicted molar refractivity (Wildman–Crippen MR) is 181 cm³/mol. The number of Topliss-reactive ketones (excluding diaryl/α,β-unsaturated/α-hetero) is 1. The fraction of sp³-hybridized carbons (Fsp3) is 0.605. The highest BCUT2D eigenvalue weighted by Gasteiger charge is 2.63. The Balaban J connectivity index is 1.11. The molecule has 1 saturated heterocycles. The Bertz CT molecular complexity index is 1440. The van der Waals surface area contributed by atoms with Gasteiger partial charge in [-0.05, 0) is 76.0 Å². The molecule has 0 radical (unpaired) electrons. The van der Waals surface area contributed by atoms with Crippen LogP contribution in [0.25, 0.3) is 0 Å². The van der Waals surface area contributed by atoms with Crippen molar-refractivity contribution in [3.8, 4) is 11.8 Å². The average molecular weight is 648 g/mol. The van der Waals surface area contributed by atoms with Crippen molar-refractivity contribution in [2.24, 2.45) is 16.7 Å². The molecule has 46 heavy (non-hydrogen) atoms. The number of ether oxygens (including phenoxy) is 2. The summed E-state index contributed by atoms with van der Waals surface area (Å²) in [5.74, 6) is 1.49. The van der Waals surface area contributed by atoms with E-state index in [4.69, 9.17) is 21.1 Å². The smallest absolute Gasteiger partial charge is 0.410 e. The van der Waals surface area contributed by atoms with Gasteiger partial charge in [0.05, 0.1) is 10.6 Å². The lowest BCUT2D eigenvalue weighted by atomic mass is 9.44. The van der Waals surface area contributed by atoms with Crippen LogP contribution in [-0.4, -0.2) is 65.6 Å². The van der Waals surface area contributed by atoms with Crippen molar-refractivity contribution in [1.29, 1.82) is 5.26 Å². The average Bonchev–Trinajstić information content (AvgIpc) is 3.01. The second-order valence-electron chi connectivity index (χ2n) is 15.7. The third-order valence-electron chi connectivity index (χ3n) is 10.7. The summed E-state index contributed by atoms with van der Waals surface area (Å²) in [6.45, 7) is 17.7. The Kier molecular flexibility index (Phi) is 9.83. The molecule has 248 valence electrons. The van der Waals surface area contributed by atoms with Gasteiger partial charge in [0.15, 0.2) is 5.78 Å². The fourth-order valence-electron chi connectivity index (χ4n) is 8.43. The molecular formula is C38H50ClN3O4. The Morgan fingerprint density at radius 1 is 0.935 bits per heavy atom. The quantitative estimate of drug-likeness (QED) is 0.280. The summed E-state index contributed by atoms with van der Waals surface area (Å²) >= 11 is 6.25. The van der Waals surface area contributed by atoms with E-state index in [-0.39, 0.29) is 34.7 Å². The van der Waals surface area contributed by atoms with E-state index in [1.807, 2.05) is 37.8 Å². The molecule has 0 N–H and O–H groups in total. The molecule has 1 heterocycles. The number of ketones is 1. The summed E-state index contributed by atoms with van der Waals surface area (Å²) < 4.78 is 12.0. The topological polar surface area (TPSA) is 82.9 Å². The largest absolute Gasteiger partial charge is 0.489 e. The van der Waals surface area contributed by atoms with Gasteiger partial charge in [0.25, 0.3) is 0 Å². The summed E-state index contributed by atoms with van der Waals surface area (Å²) in [5, 5.41) is 9.57. The lowest BCUT2D eigenvalue weighted by molar-refractivity contribution is -0.196. The minimum absolute atomic E-state index is 0.0897. The number of benzene rings is 2. The normalized spacial score (nSPS) is 26.0. The van der Waals surface area contributed by atoms with E-state index in [0.717, 1.165) is 57.4 Å². The molecule has 2 aliphatic carbocycles. The van der Waals surface area contributed by atoms with Crippen molar-refractivity contribution >= 4 is 23.5 Å². The summed E-state index contributed by atoms with van der Waals surface area (Å²) in [6, 6.07) is 16.2. The number of nitrogens with zero attached hydrogens (tertiary/aromatic N) is 3. The zero-order valence-corrected chi connectivity index (χ0v) is 29.3. The maximum atomic E-state index is 13.5. The first kappa shape index (κ1) is 34.3. The molecule has 0 aromatic heterocycles. The van der Waals surface area contributed by atoms with Crippen molar-refractivity contribution < 1.29 is 19.1 Å². The second kappa shape index (κ2) is 13.2. The Hall–Kier alpha value is -3.08. The molecule has 2 aromatic carbocycles. The summed E-state index contributed by atoms with van der Waals surface area (Å²) in [5.41, 5.74) is 1.64. The number of hydrogen-bond donors (Lipinski definition) is 0. The molecule has 8 heteroatoms. The van der Waals surface area contributed by atoms with Gasteiger partial charge < -0.3 is 14.4 Å². The molecular weight excluding hydrogens is 598 g/mol. The number of carbonyl (C=O) groups is 2. The van der Waals surface area contributed by atoms with Crippen molar-refractivity contribution in [1.82, 2.24) is 9.80 Å². The Morgan fingerprint density at radius 2 is 1.54 bits per heavy atom. The molecule has 5 rings (SSSR count). The van der Waals surface area contributed by atoms with Gasteiger partial charge in [-0.15, -0.1) is 0 Å². The van der Waals surface area contributed by atoms with Gasteiger partial charge in [-0.3, -0.25) is 9.69 Å². The van der Waals surface area contributed by atoms with Gasteiger partial charge >= 0.3 is 6.09 Å². The predicted octanol–water partition coefficient (Wildman–Crippen LogP) is 8.49. The van der Waals surface area contributed by atoms with Crippen LogP contribution in [0.1, 0.15) is 108 Å². The number of piperazine rings is 1. The molecule has 0 bridgehead atoms. The van der Waals surface area contributed by atoms with Crippen LogP contribution in [0.4, 0.5) is 4.79 Å². The molecule has 0 atom stereocenters. The maximum absolute atomic E-state index is 13.5. The van der Waals surface area contributed by atoms with Gasteiger partial charge in [-0.2, -0.15) is 5.26 Å². The minimum Gasteiger partial charge on any atom is -0.489 e. The van der Waals surface area contributed by atoms with Crippen LogP contribution in [0.3, 0.4) is 0 Å². The van der Waals surface area contributed by atoms with Gasteiger partial charge in [0.2, 0.25) is 0 Å². The van der Waals surface area contributed by atoms with E-state index < -0.39 is 5.60 Å². The highest BCUT2D eigenvalue weighted by Crippen LogP contribution is 2.61. The first-order valence-corrected chi connectivity index (χ1v) is 17.2. The van der Waals surface area contributed by atoms with E-state index in [1.165, 1.54) is 5.56 Å². The molecule has 3 fully saturated rings. The van der Waals surface area contributed by atoms with Crippen LogP contribution in [0.2, 0.25) is 5.02 Å². The molecule has 1 amide bonds. The molecule has 0 unspecified atom stereocenters. The van der Waals surface area contributed by atoms with E-state index in [0.29, 0.717) is 34.7 Å². The highest BCUT2D eigenvalue weighted by atomic mass is 35.5. The van der Waals surface area contributed by atoms with Crippen LogP contribution in [0.15, 0.2) is 42.5 Å². The molecule has 7 nitrogen and oxygen atoms in total. The highest BCUT2D eigenvalue weighted by molar-refractivity contribution is 6.31. The Labute approximate surface area is 280 Å². The van der Waals surface area contributed by atoms with Crippen LogP contribution in [-0.2, 0) is 4.74 Å². The zero-order valence-electron chi connectivity index (χ0n) is 28.6. The van der Waals surface area contributed by atoms with Crippen LogP contribution >= 0.6 is 11.6 Å². The number of halogens is 1. The van der Waals surface area contributed by atoms with Crippen molar-refractivity contribution in [2.75, 3.05) is 26.2 Å². The molecule has 2 saturated carbocycles. The number of nitriles is 1. The lowest BCUT2D eigenvalue weighted by Crippen LogP contribution is -2.66. The third-order valence-corrected chi connectivity index (χ3v) is 11.0. The van der Waals surface area contributed by atoms with Crippen molar-refractivity contribution in [2.45, 2.75) is 104 Å². The molecule has 0 spiro atoms. The monoisotopic (exact) mass is 647 g/mol. The minimum atomic E-state index is -0.466. The first-order valence-electron chi connectivity index (χ1n) is 16.8. The molecule has 1 aliphatic heterocycles. The summed E-state index contributed by atoms with van der Waals surface area (Å²) in [6.07, 6.45) is 4.76. The summed E-state index contributed by atoms with van der Waals surface area (Å²) in [7, 11) is 0. The standard InChI is InChI=1S/C38H50ClN3O4/c1-36(2,3)46-35(44)42-20-18-41(19-21-42)29-15-12-26(13-16-29)25-8-10-27(11-9-25)32(43)23-33-37(4,5)34(38(33,6)7)45-30-17-14-28(24-40)31(39)22-30/h8-11,14,17,22,26,29,33-34H,12-13,15-16,18-21,23H2,1-7H3. The van der Waals surface area contributed by atoms with Gasteiger partial charge in [0.1, 0.15) is 23.5 Å². The zero-order chi connectivity index (χ0) is 33.4. The van der Waals surface area contributed by atoms with Crippen LogP contribution < -0.4 is 4.74 Å². The van der Waals surface area contributed by atoms with Gasteiger partial charge in [0, 0.05) is 61.1 Å². The SMILES string of the molecule is CC(C)(C)OC(=O)N1CCN(C2CCC(c3ccc(C(=O)CC4C(C)(C)C(Oc5ccc(C#N)c(Cl)c5)C4(C)C)cc3)CC2)CC1. The lowest BCUT2D eigenvalue weighted by Gasteiger charge is -2.63. The number of hydrogen-bond acceptors (Lipinski definition) is 6. The third kappa shape index (κ3) is 7.24. The van der Waals surface area contributed by atoms with Crippen LogP contribution in [0, 0.1) is 28.1 Å². The number of amides is 1. The van der Waals surface area contributed by atoms with Crippen molar-refractivity contribution in [3.63, 3.8) is 0 Å². The van der Waals surface area contributed by atoms with E-state index >= 15 is 0 Å². The van der Waals surface area contributed by atoms with E-state index in [2.05, 4.69) is 50.8 Å².